The first-order chi connectivity index (χ1) is 12.7. The molecular formula is C21H25ClN2O2. The smallest absolute Gasteiger partial charge is 0.223 e. The Morgan fingerprint density at radius 3 is 2.58 bits per heavy atom. The zero-order chi connectivity index (χ0) is 18.4. The Hall–Kier alpha value is -2.04. The highest BCUT2D eigenvalue weighted by molar-refractivity contribution is 6.30. The van der Waals surface area contributed by atoms with E-state index in [-0.39, 0.29) is 17.9 Å². The molecule has 1 saturated heterocycles. The number of amides is 1. The van der Waals surface area contributed by atoms with Crippen molar-refractivity contribution < 1.29 is 9.53 Å². The van der Waals surface area contributed by atoms with Gasteiger partial charge in [0.15, 0.2) is 0 Å². The van der Waals surface area contributed by atoms with E-state index in [1.165, 1.54) is 0 Å². The van der Waals surface area contributed by atoms with Gasteiger partial charge in [0, 0.05) is 10.9 Å². The highest BCUT2D eigenvalue weighted by atomic mass is 35.5. The summed E-state index contributed by atoms with van der Waals surface area (Å²) in [6.07, 6.45) is 1.74. The normalized spacial score (nSPS) is 16.1. The van der Waals surface area contributed by atoms with E-state index in [1.54, 1.807) is 0 Å². The average Bonchev–Trinajstić information content (AvgIpc) is 2.68. The molecule has 1 atom stereocenters. The SMILES string of the molecule is CCOc1ccc(C(NC(=O)C2CCNCC2)c2cccc(Cl)c2)cc1. The highest BCUT2D eigenvalue weighted by Crippen LogP contribution is 2.27. The molecule has 0 spiro atoms. The lowest BCUT2D eigenvalue weighted by Crippen LogP contribution is -2.40. The van der Waals surface area contributed by atoms with Gasteiger partial charge in [-0.15, -0.1) is 0 Å². The molecule has 0 aliphatic carbocycles. The van der Waals surface area contributed by atoms with Crippen molar-refractivity contribution in [3.8, 4) is 5.75 Å². The Balaban J connectivity index is 1.85. The van der Waals surface area contributed by atoms with Gasteiger partial charge in [0.05, 0.1) is 12.6 Å². The number of carbonyl (C=O) groups is 1. The summed E-state index contributed by atoms with van der Waals surface area (Å²) in [6, 6.07) is 15.3. The topological polar surface area (TPSA) is 50.4 Å². The number of hydrogen-bond donors (Lipinski definition) is 2. The third-order valence-electron chi connectivity index (χ3n) is 4.70. The Labute approximate surface area is 159 Å². The minimum absolute atomic E-state index is 0.0561. The number of halogens is 1. The van der Waals surface area contributed by atoms with Crippen LogP contribution in [0.25, 0.3) is 0 Å². The van der Waals surface area contributed by atoms with Crippen LogP contribution in [0.2, 0.25) is 5.02 Å². The predicted octanol–water partition coefficient (Wildman–Crippen LogP) is 3.94. The molecule has 138 valence electrons. The molecule has 1 unspecified atom stereocenters. The van der Waals surface area contributed by atoms with Gasteiger partial charge >= 0.3 is 0 Å². The second-order valence-electron chi connectivity index (χ2n) is 6.52. The van der Waals surface area contributed by atoms with Gasteiger partial charge in [0.2, 0.25) is 5.91 Å². The second-order valence-corrected chi connectivity index (χ2v) is 6.96. The van der Waals surface area contributed by atoms with Crippen molar-refractivity contribution >= 4 is 17.5 Å². The molecule has 2 N–H and O–H groups in total. The zero-order valence-electron chi connectivity index (χ0n) is 15.0. The van der Waals surface area contributed by atoms with Crippen LogP contribution in [0.5, 0.6) is 5.75 Å². The molecule has 4 nitrogen and oxygen atoms in total. The number of rotatable bonds is 6. The standard InChI is InChI=1S/C21H25ClN2O2/c1-2-26-19-8-6-15(7-9-19)20(17-4-3-5-18(22)14-17)24-21(25)16-10-12-23-13-11-16/h3-9,14,16,20,23H,2,10-13H2,1H3,(H,24,25). The van der Waals surface area contributed by atoms with Crippen LogP contribution in [0.4, 0.5) is 0 Å². The van der Waals surface area contributed by atoms with Gasteiger partial charge in [0.1, 0.15) is 5.75 Å². The fourth-order valence-electron chi connectivity index (χ4n) is 3.31. The van der Waals surface area contributed by atoms with Crippen LogP contribution in [0.1, 0.15) is 36.9 Å². The Bertz CT molecular complexity index is 727. The molecule has 2 aromatic carbocycles. The highest BCUT2D eigenvalue weighted by Gasteiger charge is 2.25. The van der Waals surface area contributed by atoms with Crippen LogP contribution in [-0.2, 0) is 4.79 Å². The summed E-state index contributed by atoms with van der Waals surface area (Å²) in [5, 5.41) is 7.19. The van der Waals surface area contributed by atoms with E-state index in [2.05, 4.69) is 10.6 Å². The van der Waals surface area contributed by atoms with Crippen molar-refractivity contribution in [1.29, 1.82) is 0 Å². The summed E-state index contributed by atoms with van der Waals surface area (Å²) in [7, 11) is 0. The summed E-state index contributed by atoms with van der Waals surface area (Å²) >= 11 is 6.19. The van der Waals surface area contributed by atoms with Crippen molar-refractivity contribution in [3.05, 3.63) is 64.7 Å². The molecule has 3 rings (SSSR count). The van der Waals surface area contributed by atoms with Crippen molar-refractivity contribution in [1.82, 2.24) is 10.6 Å². The number of benzene rings is 2. The van der Waals surface area contributed by atoms with Crippen molar-refractivity contribution in [2.45, 2.75) is 25.8 Å². The summed E-state index contributed by atoms with van der Waals surface area (Å²) in [5.41, 5.74) is 1.99. The molecule has 1 aliphatic heterocycles. The number of hydrogen-bond acceptors (Lipinski definition) is 3. The maximum atomic E-state index is 12.8. The van der Waals surface area contributed by atoms with Crippen LogP contribution in [-0.4, -0.2) is 25.6 Å². The van der Waals surface area contributed by atoms with E-state index in [0.29, 0.717) is 11.6 Å². The first-order valence-electron chi connectivity index (χ1n) is 9.16. The number of nitrogens with one attached hydrogen (secondary N) is 2. The lowest BCUT2D eigenvalue weighted by Gasteiger charge is -2.26. The van der Waals surface area contributed by atoms with Crippen LogP contribution >= 0.6 is 11.6 Å². The van der Waals surface area contributed by atoms with E-state index in [9.17, 15) is 4.79 Å². The Morgan fingerprint density at radius 2 is 1.92 bits per heavy atom. The van der Waals surface area contributed by atoms with Crippen LogP contribution in [0, 0.1) is 5.92 Å². The summed E-state index contributed by atoms with van der Waals surface area (Å²) in [4.78, 5) is 12.8. The summed E-state index contributed by atoms with van der Waals surface area (Å²) in [6.45, 7) is 4.37. The van der Waals surface area contributed by atoms with Gasteiger partial charge in [-0.2, -0.15) is 0 Å². The van der Waals surface area contributed by atoms with E-state index < -0.39 is 0 Å². The molecule has 0 radical (unpaired) electrons. The van der Waals surface area contributed by atoms with Crippen molar-refractivity contribution in [2.75, 3.05) is 19.7 Å². The molecule has 0 bridgehead atoms. The first kappa shape index (κ1) is 18.7. The molecule has 5 heteroatoms. The minimum Gasteiger partial charge on any atom is -0.494 e. The number of ether oxygens (including phenoxy) is 1. The van der Waals surface area contributed by atoms with Crippen LogP contribution in [0.3, 0.4) is 0 Å². The molecule has 0 aromatic heterocycles. The van der Waals surface area contributed by atoms with E-state index in [0.717, 1.165) is 42.8 Å². The summed E-state index contributed by atoms with van der Waals surface area (Å²) < 4.78 is 5.53. The number of piperidine rings is 1. The predicted molar refractivity (Wildman–Crippen MR) is 105 cm³/mol. The zero-order valence-corrected chi connectivity index (χ0v) is 15.8. The quantitative estimate of drug-likeness (QED) is 0.807. The molecule has 26 heavy (non-hydrogen) atoms. The van der Waals surface area contributed by atoms with Gasteiger partial charge in [0.25, 0.3) is 0 Å². The lowest BCUT2D eigenvalue weighted by atomic mass is 9.94. The van der Waals surface area contributed by atoms with Crippen molar-refractivity contribution in [3.63, 3.8) is 0 Å². The molecule has 2 aromatic rings. The van der Waals surface area contributed by atoms with Crippen molar-refractivity contribution in [2.24, 2.45) is 5.92 Å². The van der Waals surface area contributed by atoms with Crippen LogP contribution in [0.15, 0.2) is 48.5 Å². The second kappa shape index (κ2) is 9.06. The van der Waals surface area contributed by atoms with Gasteiger partial charge < -0.3 is 15.4 Å². The fourth-order valence-corrected chi connectivity index (χ4v) is 3.51. The van der Waals surface area contributed by atoms with Gasteiger partial charge in [-0.1, -0.05) is 35.9 Å². The molecule has 0 saturated carbocycles. The van der Waals surface area contributed by atoms with E-state index >= 15 is 0 Å². The van der Waals surface area contributed by atoms with Gasteiger partial charge in [-0.05, 0) is 68.2 Å². The Kier molecular flexibility index (Phi) is 6.53. The molecule has 1 aliphatic rings. The summed E-state index contributed by atoms with van der Waals surface area (Å²) in [5.74, 6) is 0.983. The monoisotopic (exact) mass is 372 g/mol. The molecule has 1 fully saturated rings. The van der Waals surface area contributed by atoms with E-state index in [4.69, 9.17) is 16.3 Å². The maximum absolute atomic E-state index is 12.8. The van der Waals surface area contributed by atoms with E-state index in [1.807, 2.05) is 55.5 Å². The molecule has 1 heterocycles. The number of carbonyl (C=O) groups excluding carboxylic acids is 1. The first-order valence-corrected chi connectivity index (χ1v) is 9.54. The third kappa shape index (κ3) is 4.77. The van der Waals surface area contributed by atoms with Gasteiger partial charge in [-0.25, -0.2) is 0 Å². The molecule has 1 amide bonds. The fraction of sp³-hybridized carbons (Fsp3) is 0.381. The van der Waals surface area contributed by atoms with Crippen LogP contribution < -0.4 is 15.4 Å². The Morgan fingerprint density at radius 1 is 1.19 bits per heavy atom. The maximum Gasteiger partial charge on any atom is 0.223 e. The van der Waals surface area contributed by atoms with Gasteiger partial charge in [-0.3, -0.25) is 4.79 Å². The molecular weight excluding hydrogens is 348 g/mol. The minimum atomic E-state index is -0.230. The largest absolute Gasteiger partial charge is 0.494 e. The average molecular weight is 373 g/mol. The lowest BCUT2D eigenvalue weighted by molar-refractivity contribution is -0.126. The third-order valence-corrected chi connectivity index (χ3v) is 4.94.